The lowest BCUT2D eigenvalue weighted by atomic mass is 10.2. The molecule has 0 atom stereocenters. The van der Waals surface area contributed by atoms with Crippen molar-refractivity contribution in [2.45, 2.75) is 17.3 Å². The number of H-pyrrole nitrogens is 1. The Morgan fingerprint density at radius 1 is 0.871 bits per heavy atom. The number of imidazole rings is 1. The molecular weight excluding hydrogens is 428 g/mol. The van der Waals surface area contributed by atoms with E-state index in [0.29, 0.717) is 30.4 Å². The quantitative estimate of drug-likeness (QED) is 0.388. The Balaban J connectivity index is 1.58. The average Bonchev–Trinajstić information content (AvgIpc) is 3.51. The topological polar surface area (TPSA) is 69.3 Å². The van der Waals surface area contributed by atoms with Gasteiger partial charge in [0.25, 0.3) is 10.0 Å². The predicted molar refractivity (Wildman–Crippen MR) is 124 cm³/mol. The molecule has 2 aromatic heterocycles. The highest BCUT2D eigenvalue weighted by molar-refractivity contribution is 7.91. The summed E-state index contributed by atoms with van der Waals surface area (Å²) in [6, 6.07) is 23.1. The number of sulfonamides is 1. The fraction of sp³-hybridized carbons (Fsp3) is 0.174. The zero-order valence-electron chi connectivity index (χ0n) is 17.0. The van der Waals surface area contributed by atoms with E-state index < -0.39 is 10.0 Å². The first-order valence-corrected chi connectivity index (χ1v) is 12.3. The van der Waals surface area contributed by atoms with Crippen molar-refractivity contribution in [3.8, 4) is 0 Å². The molecule has 8 heteroatoms. The zero-order chi connectivity index (χ0) is 21.5. The van der Waals surface area contributed by atoms with Gasteiger partial charge < -0.3 is 9.88 Å². The van der Waals surface area contributed by atoms with E-state index in [0.717, 1.165) is 16.9 Å². The molecule has 0 saturated carbocycles. The van der Waals surface area contributed by atoms with Crippen LogP contribution in [0.3, 0.4) is 0 Å². The molecule has 0 amide bonds. The van der Waals surface area contributed by atoms with Gasteiger partial charge in [-0.05, 0) is 29.1 Å². The van der Waals surface area contributed by atoms with Gasteiger partial charge in [-0.3, -0.25) is 0 Å². The fourth-order valence-corrected chi connectivity index (χ4v) is 5.92. The van der Waals surface area contributed by atoms with Crippen LogP contribution in [-0.4, -0.2) is 35.8 Å². The van der Waals surface area contributed by atoms with Gasteiger partial charge in [-0.2, -0.15) is 4.31 Å². The molecule has 0 bridgehead atoms. The van der Waals surface area contributed by atoms with Crippen molar-refractivity contribution in [2.75, 3.05) is 18.0 Å². The van der Waals surface area contributed by atoms with Crippen LogP contribution >= 0.6 is 11.3 Å². The van der Waals surface area contributed by atoms with Gasteiger partial charge in [-0.15, -0.1) is 11.3 Å². The standard InChI is InChI=1S/C23H24N4O2S2/c28-31(29,23-12-7-15-30-23)27(17-20-8-3-1-4-9-20)14-13-26(18-21-16-24-19-25-21)22-10-5-2-6-11-22/h1-12,15-16,19H,13-14,17-18H2,(H,24,25). The van der Waals surface area contributed by atoms with Crippen LogP contribution in [0.1, 0.15) is 11.3 Å². The maximum atomic E-state index is 13.4. The summed E-state index contributed by atoms with van der Waals surface area (Å²) in [6.07, 6.45) is 3.45. The Labute approximate surface area is 186 Å². The molecule has 0 aliphatic heterocycles. The zero-order valence-corrected chi connectivity index (χ0v) is 18.6. The lowest BCUT2D eigenvalue weighted by molar-refractivity contribution is 0.410. The van der Waals surface area contributed by atoms with Gasteiger partial charge in [0.1, 0.15) is 4.21 Å². The second-order valence-electron chi connectivity index (χ2n) is 7.09. The van der Waals surface area contributed by atoms with Crippen molar-refractivity contribution < 1.29 is 8.42 Å². The monoisotopic (exact) mass is 452 g/mol. The second kappa shape index (κ2) is 9.91. The highest BCUT2D eigenvalue weighted by Crippen LogP contribution is 2.24. The van der Waals surface area contributed by atoms with Crippen LogP contribution in [0.5, 0.6) is 0 Å². The summed E-state index contributed by atoms with van der Waals surface area (Å²) in [5.41, 5.74) is 2.97. The molecule has 0 fully saturated rings. The minimum absolute atomic E-state index is 0.327. The van der Waals surface area contributed by atoms with Crippen LogP contribution in [-0.2, 0) is 23.1 Å². The molecule has 2 aromatic carbocycles. The lowest BCUT2D eigenvalue weighted by Crippen LogP contribution is -2.38. The van der Waals surface area contributed by atoms with Crippen LogP contribution in [0.2, 0.25) is 0 Å². The van der Waals surface area contributed by atoms with Gasteiger partial charge in [-0.25, -0.2) is 13.4 Å². The van der Waals surface area contributed by atoms with Gasteiger partial charge in [0.2, 0.25) is 0 Å². The molecule has 1 N–H and O–H groups in total. The molecule has 2 heterocycles. The Bertz CT molecular complexity index is 1150. The third-order valence-electron chi connectivity index (χ3n) is 4.95. The van der Waals surface area contributed by atoms with Gasteiger partial charge in [0, 0.05) is 31.5 Å². The first-order chi connectivity index (χ1) is 15.1. The second-order valence-corrected chi connectivity index (χ2v) is 10.2. The molecule has 0 radical (unpaired) electrons. The Morgan fingerprint density at radius 3 is 2.26 bits per heavy atom. The molecule has 0 unspecified atom stereocenters. The van der Waals surface area contributed by atoms with E-state index in [4.69, 9.17) is 0 Å². The van der Waals surface area contributed by atoms with E-state index in [-0.39, 0.29) is 0 Å². The maximum Gasteiger partial charge on any atom is 0.252 e. The van der Waals surface area contributed by atoms with Crippen molar-refractivity contribution in [1.82, 2.24) is 14.3 Å². The molecule has 31 heavy (non-hydrogen) atoms. The maximum absolute atomic E-state index is 13.4. The number of nitrogens with one attached hydrogen (secondary N) is 1. The first-order valence-electron chi connectivity index (χ1n) is 9.98. The Kier molecular flexibility index (Phi) is 6.81. The smallest absolute Gasteiger partial charge is 0.252 e. The SMILES string of the molecule is O=S(=O)(c1cccs1)N(CCN(Cc1cnc[nH]1)c1ccccc1)Cc1ccccc1. The summed E-state index contributed by atoms with van der Waals surface area (Å²) in [4.78, 5) is 9.40. The number of anilines is 1. The van der Waals surface area contributed by atoms with Crippen LogP contribution in [0.25, 0.3) is 0 Å². The number of aromatic nitrogens is 2. The molecule has 0 aliphatic carbocycles. The number of rotatable bonds is 10. The highest BCUT2D eigenvalue weighted by Gasteiger charge is 2.26. The third kappa shape index (κ3) is 5.41. The summed E-state index contributed by atoms with van der Waals surface area (Å²) >= 11 is 1.25. The lowest BCUT2D eigenvalue weighted by Gasteiger charge is -2.28. The van der Waals surface area contributed by atoms with Gasteiger partial charge in [0.15, 0.2) is 0 Å². The Hall–Kier alpha value is -2.94. The number of hydrogen-bond donors (Lipinski definition) is 1. The minimum Gasteiger partial charge on any atom is -0.364 e. The van der Waals surface area contributed by atoms with Gasteiger partial charge in [0.05, 0.1) is 18.6 Å². The molecule has 0 aliphatic rings. The van der Waals surface area contributed by atoms with Gasteiger partial charge in [-0.1, -0.05) is 54.6 Å². The molecule has 160 valence electrons. The summed E-state index contributed by atoms with van der Waals surface area (Å²) in [5.74, 6) is 0. The van der Waals surface area contributed by atoms with Crippen molar-refractivity contribution in [2.24, 2.45) is 0 Å². The summed E-state index contributed by atoms with van der Waals surface area (Å²) in [5, 5.41) is 1.79. The van der Waals surface area contributed by atoms with Crippen molar-refractivity contribution in [3.63, 3.8) is 0 Å². The molecule has 0 spiro atoms. The van der Waals surface area contributed by atoms with E-state index in [2.05, 4.69) is 14.9 Å². The van der Waals surface area contributed by atoms with E-state index in [9.17, 15) is 8.42 Å². The average molecular weight is 453 g/mol. The minimum atomic E-state index is -3.59. The molecule has 4 rings (SSSR count). The van der Waals surface area contributed by atoms with Crippen molar-refractivity contribution >= 4 is 27.0 Å². The number of benzene rings is 2. The third-order valence-corrected chi connectivity index (χ3v) is 8.17. The predicted octanol–water partition coefficient (Wildman–Crippen LogP) is 4.37. The molecule has 6 nitrogen and oxygen atoms in total. The van der Waals surface area contributed by atoms with E-state index in [1.165, 1.54) is 11.3 Å². The first kappa shape index (κ1) is 21.3. The van der Waals surface area contributed by atoms with Crippen LogP contribution in [0.15, 0.2) is 94.9 Å². The highest BCUT2D eigenvalue weighted by atomic mass is 32.2. The molecule has 4 aromatic rings. The molecule has 0 saturated heterocycles. The van der Waals surface area contributed by atoms with Gasteiger partial charge >= 0.3 is 0 Å². The normalized spacial score (nSPS) is 11.6. The van der Waals surface area contributed by atoms with E-state index in [1.807, 2.05) is 60.7 Å². The number of nitrogens with zero attached hydrogens (tertiary/aromatic N) is 3. The summed E-state index contributed by atoms with van der Waals surface area (Å²) in [7, 11) is -3.59. The van der Waals surface area contributed by atoms with Crippen LogP contribution in [0.4, 0.5) is 5.69 Å². The van der Waals surface area contributed by atoms with Crippen LogP contribution < -0.4 is 4.90 Å². The van der Waals surface area contributed by atoms with Crippen molar-refractivity contribution in [3.05, 3.63) is 102 Å². The number of thiophene rings is 1. The number of hydrogen-bond acceptors (Lipinski definition) is 5. The summed E-state index contributed by atoms with van der Waals surface area (Å²) < 4.78 is 28.7. The van der Waals surface area contributed by atoms with E-state index in [1.54, 1.807) is 34.3 Å². The fourth-order valence-electron chi connectivity index (χ4n) is 3.36. The summed E-state index contributed by atoms with van der Waals surface area (Å²) in [6.45, 7) is 1.84. The molecular formula is C23H24N4O2S2. The number of para-hydroxylation sites is 1. The van der Waals surface area contributed by atoms with Crippen molar-refractivity contribution in [1.29, 1.82) is 0 Å². The largest absolute Gasteiger partial charge is 0.364 e. The van der Waals surface area contributed by atoms with Crippen LogP contribution in [0, 0.1) is 0 Å². The Morgan fingerprint density at radius 2 is 1.61 bits per heavy atom. The van der Waals surface area contributed by atoms with E-state index >= 15 is 0 Å². The number of aromatic amines is 1.